The molecular formula is C14H11Cl3N2O2. The number of hydrogen-bond acceptors (Lipinski definition) is 3. The van der Waals surface area contributed by atoms with Crippen LogP contribution in [0.15, 0.2) is 36.4 Å². The molecule has 0 radical (unpaired) electrons. The lowest BCUT2D eigenvalue weighted by Crippen LogP contribution is -2.20. The number of carbonyl (C=O) groups excluding carboxylic acids is 1. The molecule has 110 valence electrons. The van der Waals surface area contributed by atoms with Crippen LogP contribution >= 0.6 is 34.8 Å². The van der Waals surface area contributed by atoms with Crippen molar-refractivity contribution < 1.29 is 9.53 Å². The van der Waals surface area contributed by atoms with Crippen molar-refractivity contribution >= 4 is 52.1 Å². The summed E-state index contributed by atoms with van der Waals surface area (Å²) < 4.78 is 5.32. The molecule has 0 aromatic heterocycles. The number of nitrogens with two attached hydrogens (primary N) is 1. The van der Waals surface area contributed by atoms with E-state index >= 15 is 0 Å². The summed E-state index contributed by atoms with van der Waals surface area (Å²) in [5, 5.41) is 3.73. The molecular weight excluding hydrogens is 335 g/mol. The molecule has 0 aliphatic carbocycles. The van der Waals surface area contributed by atoms with Crippen molar-refractivity contribution in [1.82, 2.24) is 0 Å². The van der Waals surface area contributed by atoms with Crippen LogP contribution in [0.2, 0.25) is 15.1 Å². The molecule has 0 atom stereocenters. The maximum absolute atomic E-state index is 11.8. The van der Waals surface area contributed by atoms with E-state index in [4.69, 9.17) is 45.3 Å². The number of halogens is 3. The lowest BCUT2D eigenvalue weighted by atomic mass is 10.3. The molecule has 7 heteroatoms. The minimum Gasteiger partial charge on any atom is -0.481 e. The average molecular weight is 346 g/mol. The largest absolute Gasteiger partial charge is 0.481 e. The Bertz CT molecular complexity index is 657. The third kappa shape index (κ3) is 4.17. The van der Waals surface area contributed by atoms with Crippen LogP contribution in [0.5, 0.6) is 5.75 Å². The monoisotopic (exact) mass is 344 g/mol. The average Bonchev–Trinajstić information content (AvgIpc) is 2.42. The zero-order chi connectivity index (χ0) is 15.4. The molecule has 0 fully saturated rings. The molecule has 2 rings (SSSR count). The summed E-state index contributed by atoms with van der Waals surface area (Å²) in [6.07, 6.45) is 0. The van der Waals surface area contributed by atoms with Crippen LogP contribution in [-0.4, -0.2) is 12.5 Å². The number of carbonyl (C=O) groups is 1. The Balaban J connectivity index is 1.97. The van der Waals surface area contributed by atoms with Crippen molar-refractivity contribution in [1.29, 1.82) is 0 Å². The molecule has 21 heavy (non-hydrogen) atoms. The first-order valence-electron chi connectivity index (χ1n) is 5.89. The van der Waals surface area contributed by atoms with Crippen LogP contribution < -0.4 is 15.8 Å². The van der Waals surface area contributed by atoms with Gasteiger partial charge in [-0.05, 0) is 30.3 Å². The first kappa shape index (κ1) is 15.8. The Morgan fingerprint density at radius 3 is 2.38 bits per heavy atom. The van der Waals surface area contributed by atoms with Gasteiger partial charge in [-0.15, -0.1) is 0 Å². The van der Waals surface area contributed by atoms with Crippen molar-refractivity contribution in [2.75, 3.05) is 17.7 Å². The van der Waals surface area contributed by atoms with Gasteiger partial charge in [-0.1, -0.05) is 40.9 Å². The molecule has 0 spiro atoms. The Morgan fingerprint density at radius 2 is 1.76 bits per heavy atom. The normalized spacial score (nSPS) is 10.2. The summed E-state index contributed by atoms with van der Waals surface area (Å²) in [6, 6.07) is 9.73. The maximum Gasteiger partial charge on any atom is 0.262 e. The van der Waals surface area contributed by atoms with Crippen LogP contribution in [0, 0.1) is 0 Å². The van der Waals surface area contributed by atoms with E-state index in [-0.39, 0.29) is 18.3 Å². The number of ether oxygens (including phenoxy) is 1. The molecule has 3 N–H and O–H groups in total. The van der Waals surface area contributed by atoms with Crippen LogP contribution in [0.3, 0.4) is 0 Å². The zero-order valence-electron chi connectivity index (χ0n) is 10.7. The third-order valence-corrected chi connectivity index (χ3v) is 3.49. The molecule has 1 amide bonds. The van der Waals surface area contributed by atoms with E-state index in [1.807, 2.05) is 0 Å². The molecule has 0 heterocycles. The fourth-order valence-corrected chi connectivity index (χ4v) is 2.20. The SMILES string of the molecule is Nc1cc(NC(=O)COc2c(Cl)cccc2Cl)ccc1Cl. The lowest BCUT2D eigenvalue weighted by molar-refractivity contribution is -0.118. The van der Waals surface area contributed by atoms with Crippen molar-refractivity contribution in [2.24, 2.45) is 0 Å². The molecule has 2 aromatic rings. The molecule has 0 aliphatic rings. The van der Waals surface area contributed by atoms with Gasteiger partial charge in [-0.2, -0.15) is 0 Å². The quantitative estimate of drug-likeness (QED) is 0.814. The van der Waals surface area contributed by atoms with Gasteiger partial charge in [0.15, 0.2) is 12.4 Å². The zero-order valence-corrected chi connectivity index (χ0v) is 13.0. The minimum atomic E-state index is -0.368. The third-order valence-electron chi connectivity index (χ3n) is 2.55. The van der Waals surface area contributed by atoms with Gasteiger partial charge in [0.2, 0.25) is 0 Å². The fourth-order valence-electron chi connectivity index (χ4n) is 1.58. The van der Waals surface area contributed by atoms with Gasteiger partial charge in [-0.3, -0.25) is 4.79 Å². The molecule has 0 unspecified atom stereocenters. The van der Waals surface area contributed by atoms with Gasteiger partial charge in [0, 0.05) is 5.69 Å². The number of hydrogen-bond donors (Lipinski definition) is 2. The summed E-state index contributed by atoms with van der Waals surface area (Å²) in [5.74, 6) is -0.0979. The number of anilines is 2. The van der Waals surface area contributed by atoms with E-state index in [2.05, 4.69) is 5.32 Å². The number of nitrogen functional groups attached to an aromatic ring is 1. The standard InChI is InChI=1S/C14H11Cl3N2O2/c15-9-5-4-8(6-12(9)18)19-13(20)7-21-14-10(16)2-1-3-11(14)17/h1-6H,7,18H2,(H,19,20). The van der Waals surface area contributed by atoms with E-state index in [0.29, 0.717) is 26.4 Å². The van der Waals surface area contributed by atoms with E-state index in [9.17, 15) is 4.79 Å². The van der Waals surface area contributed by atoms with Gasteiger partial charge in [-0.25, -0.2) is 0 Å². The fraction of sp³-hybridized carbons (Fsp3) is 0.0714. The number of rotatable bonds is 4. The summed E-state index contributed by atoms with van der Waals surface area (Å²) in [6.45, 7) is -0.230. The van der Waals surface area contributed by atoms with Crippen molar-refractivity contribution in [3.05, 3.63) is 51.5 Å². The summed E-state index contributed by atoms with van der Waals surface area (Å²) in [7, 11) is 0. The topological polar surface area (TPSA) is 64.3 Å². The number of para-hydroxylation sites is 1. The van der Waals surface area contributed by atoms with Crippen LogP contribution in [0.4, 0.5) is 11.4 Å². The van der Waals surface area contributed by atoms with Gasteiger partial charge >= 0.3 is 0 Å². The number of nitrogens with one attached hydrogen (secondary N) is 1. The highest BCUT2D eigenvalue weighted by molar-refractivity contribution is 6.37. The highest BCUT2D eigenvalue weighted by Crippen LogP contribution is 2.32. The maximum atomic E-state index is 11.8. The molecule has 2 aromatic carbocycles. The molecule has 4 nitrogen and oxygen atoms in total. The predicted molar refractivity (Wildman–Crippen MR) is 86.5 cm³/mol. The number of amides is 1. The van der Waals surface area contributed by atoms with Crippen molar-refractivity contribution in [3.8, 4) is 5.75 Å². The first-order valence-corrected chi connectivity index (χ1v) is 7.02. The molecule has 0 aliphatic heterocycles. The summed E-state index contributed by atoms with van der Waals surface area (Å²) in [4.78, 5) is 11.8. The lowest BCUT2D eigenvalue weighted by Gasteiger charge is -2.10. The van der Waals surface area contributed by atoms with Gasteiger partial charge in [0.25, 0.3) is 5.91 Å². The number of benzene rings is 2. The molecule has 0 bridgehead atoms. The van der Waals surface area contributed by atoms with E-state index < -0.39 is 0 Å². The van der Waals surface area contributed by atoms with Gasteiger partial charge in [0.1, 0.15) is 0 Å². The van der Waals surface area contributed by atoms with E-state index in [1.54, 1.807) is 36.4 Å². The van der Waals surface area contributed by atoms with Gasteiger partial charge in [0.05, 0.1) is 20.8 Å². The van der Waals surface area contributed by atoms with Crippen molar-refractivity contribution in [2.45, 2.75) is 0 Å². The second-order valence-electron chi connectivity index (χ2n) is 4.12. The van der Waals surface area contributed by atoms with Crippen LogP contribution in [0.25, 0.3) is 0 Å². The van der Waals surface area contributed by atoms with Crippen LogP contribution in [-0.2, 0) is 4.79 Å². The predicted octanol–water partition coefficient (Wildman–Crippen LogP) is 4.25. The highest BCUT2D eigenvalue weighted by Gasteiger charge is 2.10. The van der Waals surface area contributed by atoms with E-state index in [1.165, 1.54) is 0 Å². The Morgan fingerprint density at radius 1 is 1.10 bits per heavy atom. The van der Waals surface area contributed by atoms with Crippen LogP contribution in [0.1, 0.15) is 0 Å². The van der Waals surface area contributed by atoms with E-state index in [0.717, 1.165) is 0 Å². The second-order valence-corrected chi connectivity index (χ2v) is 5.35. The summed E-state index contributed by atoms with van der Waals surface area (Å²) in [5.41, 5.74) is 6.55. The van der Waals surface area contributed by atoms with Crippen molar-refractivity contribution in [3.63, 3.8) is 0 Å². The first-order chi connectivity index (χ1) is 9.97. The molecule has 0 saturated carbocycles. The molecule has 0 saturated heterocycles. The summed E-state index contributed by atoms with van der Waals surface area (Å²) >= 11 is 17.7. The Labute approximate surface area is 136 Å². The second kappa shape index (κ2) is 6.89. The smallest absolute Gasteiger partial charge is 0.262 e. The Kier molecular flexibility index (Phi) is 5.17. The minimum absolute atomic E-state index is 0.230. The Hall–Kier alpha value is -1.62. The van der Waals surface area contributed by atoms with Gasteiger partial charge < -0.3 is 15.8 Å². The highest BCUT2D eigenvalue weighted by atomic mass is 35.5.